The van der Waals surface area contributed by atoms with Gasteiger partial charge in [0.15, 0.2) is 0 Å². The Labute approximate surface area is 142 Å². The van der Waals surface area contributed by atoms with Crippen LogP contribution >= 0.6 is 11.8 Å². The van der Waals surface area contributed by atoms with Crippen LogP contribution in [0, 0.1) is 0 Å². The van der Waals surface area contributed by atoms with Crippen LogP contribution in [0.2, 0.25) is 0 Å². The molecule has 2 nitrogen and oxygen atoms in total. The molecule has 0 fully saturated rings. The maximum absolute atomic E-state index is 12.4. The second-order valence-electron chi connectivity index (χ2n) is 5.68. The Morgan fingerprint density at radius 2 is 1.71 bits per heavy atom. The lowest BCUT2D eigenvalue weighted by molar-refractivity contribution is -0.0328. The lowest BCUT2D eigenvalue weighted by Crippen LogP contribution is -2.15. The van der Waals surface area contributed by atoms with Crippen molar-refractivity contribution in [1.82, 2.24) is 0 Å². The van der Waals surface area contributed by atoms with Crippen LogP contribution in [0.25, 0.3) is 0 Å². The highest BCUT2D eigenvalue weighted by molar-refractivity contribution is 8.00. The van der Waals surface area contributed by atoms with Crippen molar-refractivity contribution in [3.63, 3.8) is 0 Å². The van der Waals surface area contributed by atoms with Gasteiger partial charge in [-0.1, -0.05) is 12.1 Å². The molecule has 24 heavy (non-hydrogen) atoms. The Morgan fingerprint density at radius 1 is 1.00 bits per heavy atom. The van der Waals surface area contributed by atoms with Crippen LogP contribution in [0.4, 0.5) is 18.9 Å². The number of benzene rings is 2. The van der Waals surface area contributed by atoms with Crippen molar-refractivity contribution in [2.45, 2.75) is 36.1 Å². The minimum absolute atomic E-state index is 0.0659. The van der Waals surface area contributed by atoms with Gasteiger partial charge in [-0.15, -0.1) is 0 Å². The molecule has 6 heteroatoms. The van der Waals surface area contributed by atoms with Gasteiger partial charge in [0.2, 0.25) is 0 Å². The van der Waals surface area contributed by atoms with E-state index in [1.54, 1.807) is 0 Å². The van der Waals surface area contributed by atoms with Gasteiger partial charge in [-0.25, -0.2) is 0 Å². The smallest absolute Gasteiger partial charge is 0.322 e. The summed E-state index contributed by atoms with van der Waals surface area (Å²) in [6.45, 7) is 0. The molecule has 2 aromatic carbocycles. The number of thioether (sulfide) groups is 1. The molecule has 0 unspecified atom stereocenters. The van der Waals surface area contributed by atoms with Crippen LogP contribution in [0.3, 0.4) is 0 Å². The maximum Gasteiger partial charge on any atom is 0.446 e. The fourth-order valence-electron chi connectivity index (χ4n) is 2.90. The maximum atomic E-state index is 12.4. The zero-order chi connectivity index (χ0) is 17.2. The van der Waals surface area contributed by atoms with Gasteiger partial charge in [0.05, 0.1) is 0 Å². The molecule has 0 aliphatic heterocycles. The Kier molecular flexibility index (Phi) is 4.85. The Balaban J connectivity index is 1.74. The molecule has 3 rings (SSSR count). The molecule has 0 atom stereocenters. The van der Waals surface area contributed by atoms with Crippen LogP contribution in [0.1, 0.15) is 34.3 Å². The summed E-state index contributed by atoms with van der Waals surface area (Å²) in [6.07, 6.45) is 4.21. The summed E-state index contributed by atoms with van der Waals surface area (Å²) >= 11 is -0.188. The van der Waals surface area contributed by atoms with E-state index < -0.39 is 5.51 Å². The molecule has 1 aliphatic rings. The minimum atomic E-state index is -4.33. The molecule has 0 spiro atoms. The topological polar surface area (TPSA) is 29.1 Å². The monoisotopic (exact) mass is 351 g/mol. The normalized spacial score (nSPS) is 14.1. The van der Waals surface area contributed by atoms with E-state index in [-0.39, 0.29) is 22.6 Å². The number of fused-ring (bicyclic) bond motifs is 1. The highest BCUT2D eigenvalue weighted by Gasteiger charge is 2.29. The van der Waals surface area contributed by atoms with Gasteiger partial charge >= 0.3 is 5.51 Å². The molecular formula is C18H16F3NOS. The first-order valence-corrected chi connectivity index (χ1v) is 8.52. The third kappa shape index (κ3) is 4.12. The Bertz CT molecular complexity index is 741. The zero-order valence-electron chi connectivity index (χ0n) is 12.8. The van der Waals surface area contributed by atoms with E-state index >= 15 is 0 Å². The average molecular weight is 351 g/mol. The van der Waals surface area contributed by atoms with E-state index in [1.807, 2.05) is 12.1 Å². The average Bonchev–Trinajstić information content (AvgIpc) is 2.54. The second kappa shape index (κ2) is 6.89. The van der Waals surface area contributed by atoms with Crippen molar-refractivity contribution in [3.8, 4) is 0 Å². The predicted octanol–water partition coefficient (Wildman–Crippen LogP) is 5.43. The standard InChI is InChI=1S/C18H16F3NOS/c19-18(20,21)24-14-10-8-13(9-11-14)17(23)22-16-7-3-5-12-4-1-2-6-15(12)16/h3,5,7-11H,1-2,4,6H2,(H,22,23). The molecule has 0 saturated heterocycles. The van der Waals surface area contributed by atoms with Gasteiger partial charge in [0.1, 0.15) is 0 Å². The number of carbonyl (C=O) groups is 1. The van der Waals surface area contributed by atoms with Gasteiger partial charge in [-0.05, 0) is 78.9 Å². The first-order chi connectivity index (χ1) is 11.4. The number of anilines is 1. The molecule has 1 N–H and O–H groups in total. The molecule has 0 saturated carbocycles. The number of aryl methyl sites for hydroxylation is 1. The molecule has 0 aromatic heterocycles. The van der Waals surface area contributed by atoms with Gasteiger partial charge < -0.3 is 5.32 Å². The fourth-order valence-corrected chi connectivity index (χ4v) is 3.44. The SMILES string of the molecule is O=C(Nc1cccc2c1CCCC2)c1ccc(SC(F)(F)F)cc1. The van der Waals surface area contributed by atoms with E-state index in [1.165, 1.54) is 35.4 Å². The van der Waals surface area contributed by atoms with Crippen LogP contribution in [-0.2, 0) is 12.8 Å². The van der Waals surface area contributed by atoms with Crippen molar-refractivity contribution in [2.24, 2.45) is 0 Å². The third-order valence-corrected chi connectivity index (χ3v) is 4.73. The van der Waals surface area contributed by atoms with Crippen molar-refractivity contribution in [3.05, 3.63) is 59.2 Å². The van der Waals surface area contributed by atoms with E-state index in [0.717, 1.165) is 31.4 Å². The molecule has 126 valence electrons. The predicted molar refractivity (Wildman–Crippen MR) is 89.4 cm³/mol. The summed E-state index contributed by atoms with van der Waals surface area (Å²) < 4.78 is 37.0. The van der Waals surface area contributed by atoms with Gasteiger partial charge in [-0.2, -0.15) is 13.2 Å². The summed E-state index contributed by atoms with van der Waals surface area (Å²) in [4.78, 5) is 12.4. The number of amides is 1. The van der Waals surface area contributed by atoms with Crippen molar-refractivity contribution in [2.75, 3.05) is 5.32 Å². The molecular weight excluding hydrogens is 335 g/mol. The number of hydrogen-bond acceptors (Lipinski definition) is 2. The third-order valence-electron chi connectivity index (χ3n) is 3.99. The molecule has 0 bridgehead atoms. The highest BCUT2D eigenvalue weighted by Crippen LogP contribution is 2.36. The van der Waals surface area contributed by atoms with Crippen molar-refractivity contribution >= 4 is 23.4 Å². The largest absolute Gasteiger partial charge is 0.446 e. The number of carbonyl (C=O) groups excluding carboxylic acids is 1. The molecule has 2 aromatic rings. The molecule has 1 amide bonds. The van der Waals surface area contributed by atoms with Crippen LogP contribution in [-0.4, -0.2) is 11.4 Å². The lowest BCUT2D eigenvalue weighted by atomic mass is 9.90. The lowest BCUT2D eigenvalue weighted by Gasteiger charge is -2.19. The quantitative estimate of drug-likeness (QED) is 0.747. The van der Waals surface area contributed by atoms with E-state index in [0.29, 0.717) is 5.56 Å². The first kappa shape index (κ1) is 16.9. The van der Waals surface area contributed by atoms with Crippen LogP contribution in [0.15, 0.2) is 47.4 Å². The number of hydrogen-bond donors (Lipinski definition) is 1. The molecule has 0 radical (unpaired) electrons. The first-order valence-electron chi connectivity index (χ1n) is 7.70. The summed E-state index contributed by atoms with van der Waals surface area (Å²) in [6, 6.07) is 11.3. The van der Waals surface area contributed by atoms with Crippen LogP contribution in [0.5, 0.6) is 0 Å². The van der Waals surface area contributed by atoms with E-state index in [9.17, 15) is 18.0 Å². The summed E-state index contributed by atoms with van der Waals surface area (Å²) in [5.74, 6) is -0.308. The number of alkyl halides is 3. The summed E-state index contributed by atoms with van der Waals surface area (Å²) in [5, 5.41) is 2.89. The molecule has 1 aliphatic carbocycles. The van der Waals surface area contributed by atoms with Crippen molar-refractivity contribution in [1.29, 1.82) is 0 Å². The van der Waals surface area contributed by atoms with E-state index in [4.69, 9.17) is 0 Å². The number of nitrogens with one attached hydrogen (secondary N) is 1. The highest BCUT2D eigenvalue weighted by atomic mass is 32.2. The fraction of sp³-hybridized carbons (Fsp3) is 0.278. The van der Waals surface area contributed by atoms with Crippen molar-refractivity contribution < 1.29 is 18.0 Å². The number of halogens is 3. The minimum Gasteiger partial charge on any atom is -0.322 e. The Hall–Kier alpha value is -1.95. The van der Waals surface area contributed by atoms with Gasteiger partial charge in [0, 0.05) is 16.1 Å². The molecule has 0 heterocycles. The Morgan fingerprint density at radius 3 is 2.42 bits per heavy atom. The van der Waals surface area contributed by atoms with Gasteiger partial charge in [-0.3, -0.25) is 4.79 Å². The summed E-state index contributed by atoms with van der Waals surface area (Å²) in [7, 11) is 0. The van der Waals surface area contributed by atoms with Crippen LogP contribution < -0.4 is 5.32 Å². The van der Waals surface area contributed by atoms with E-state index in [2.05, 4.69) is 11.4 Å². The second-order valence-corrected chi connectivity index (χ2v) is 6.82. The van der Waals surface area contributed by atoms with Gasteiger partial charge in [0.25, 0.3) is 5.91 Å². The summed E-state index contributed by atoms with van der Waals surface area (Å²) in [5.41, 5.74) is -0.759. The zero-order valence-corrected chi connectivity index (χ0v) is 13.6. The number of rotatable bonds is 3.